The largest absolute Gasteiger partial charge is 0.508 e. The molecule has 1 heterocycles. The van der Waals surface area contributed by atoms with Gasteiger partial charge in [0.1, 0.15) is 5.75 Å². The number of benzene rings is 1. The lowest BCUT2D eigenvalue weighted by molar-refractivity contribution is -0.145. The van der Waals surface area contributed by atoms with Crippen LogP contribution in [0.4, 0.5) is 0 Å². The van der Waals surface area contributed by atoms with Crippen LogP contribution < -0.4 is 0 Å². The molecule has 1 amide bonds. The number of carbonyl (C=O) groups excluding carboxylic acids is 2. The number of phenolic OH excluding ortho intramolecular Hbond substituents is 1. The molecule has 0 saturated carbocycles. The molecule has 1 fully saturated rings. The predicted octanol–water partition coefficient (Wildman–Crippen LogP) is 0.796. The average Bonchev–Trinajstić information content (AvgIpc) is 2.46. The van der Waals surface area contributed by atoms with Crippen LogP contribution in [0.2, 0.25) is 0 Å². The highest BCUT2D eigenvalue weighted by Gasteiger charge is 2.27. The van der Waals surface area contributed by atoms with E-state index in [9.17, 15) is 14.7 Å². The van der Waals surface area contributed by atoms with Crippen molar-refractivity contribution >= 4 is 11.9 Å². The fourth-order valence-electron chi connectivity index (χ4n) is 2.12. The van der Waals surface area contributed by atoms with Gasteiger partial charge in [0, 0.05) is 18.7 Å². The number of aromatic hydroxyl groups is 1. The zero-order valence-corrected chi connectivity index (χ0v) is 11.2. The molecule has 0 aliphatic carbocycles. The second kappa shape index (κ2) is 6.38. The van der Waals surface area contributed by atoms with Crippen LogP contribution in [0.15, 0.2) is 24.3 Å². The highest BCUT2D eigenvalue weighted by atomic mass is 16.5. The van der Waals surface area contributed by atoms with E-state index in [0.29, 0.717) is 25.3 Å². The van der Waals surface area contributed by atoms with Crippen LogP contribution in [0.3, 0.4) is 0 Å². The zero-order valence-electron chi connectivity index (χ0n) is 11.2. The van der Waals surface area contributed by atoms with Gasteiger partial charge in [-0.1, -0.05) is 6.07 Å². The van der Waals surface area contributed by atoms with E-state index in [1.165, 1.54) is 19.2 Å². The minimum atomic E-state index is -0.360. The molecule has 1 unspecified atom stereocenters. The van der Waals surface area contributed by atoms with Crippen LogP contribution in [-0.2, 0) is 14.3 Å². The molecule has 6 nitrogen and oxygen atoms in total. The SMILES string of the molecule is COC(=O)CC1CN(C(=O)c2cccc(O)c2)CCO1. The summed E-state index contributed by atoms with van der Waals surface area (Å²) in [5.41, 5.74) is 0.420. The van der Waals surface area contributed by atoms with Crippen molar-refractivity contribution in [3.8, 4) is 5.75 Å². The highest BCUT2D eigenvalue weighted by molar-refractivity contribution is 5.94. The number of carbonyl (C=O) groups is 2. The van der Waals surface area contributed by atoms with Crippen molar-refractivity contribution < 1.29 is 24.2 Å². The van der Waals surface area contributed by atoms with Crippen molar-refractivity contribution in [2.24, 2.45) is 0 Å². The topological polar surface area (TPSA) is 76.1 Å². The van der Waals surface area contributed by atoms with E-state index in [0.717, 1.165) is 0 Å². The van der Waals surface area contributed by atoms with Gasteiger partial charge < -0.3 is 19.5 Å². The van der Waals surface area contributed by atoms with Crippen LogP contribution in [0.25, 0.3) is 0 Å². The summed E-state index contributed by atoms with van der Waals surface area (Å²) in [6.45, 7) is 1.18. The first kappa shape index (κ1) is 14.3. The fraction of sp³-hybridized carbons (Fsp3) is 0.429. The standard InChI is InChI=1S/C14H17NO5/c1-19-13(17)8-12-9-15(5-6-20-12)14(18)10-3-2-4-11(16)7-10/h2-4,7,12,16H,5-6,8-9H2,1H3. The number of methoxy groups -OCH3 is 1. The molecular weight excluding hydrogens is 262 g/mol. The number of ether oxygens (including phenoxy) is 2. The van der Waals surface area contributed by atoms with Crippen LogP contribution >= 0.6 is 0 Å². The maximum Gasteiger partial charge on any atom is 0.308 e. The van der Waals surface area contributed by atoms with E-state index in [1.54, 1.807) is 17.0 Å². The number of hydrogen-bond acceptors (Lipinski definition) is 5. The van der Waals surface area contributed by atoms with Crippen LogP contribution in [0.5, 0.6) is 5.75 Å². The Morgan fingerprint density at radius 1 is 1.50 bits per heavy atom. The van der Waals surface area contributed by atoms with Crippen LogP contribution in [0, 0.1) is 0 Å². The Hall–Kier alpha value is -2.08. The lowest BCUT2D eigenvalue weighted by atomic mass is 10.1. The Kier molecular flexibility index (Phi) is 4.57. The Morgan fingerprint density at radius 2 is 2.30 bits per heavy atom. The Balaban J connectivity index is 2.01. The van der Waals surface area contributed by atoms with Gasteiger partial charge >= 0.3 is 5.97 Å². The smallest absolute Gasteiger partial charge is 0.308 e. The van der Waals surface area contributed by atoms with Crippen LogP contribution in [-0.4, -0.2) is 54.8 Å². The number of esters is 1. The summed E-state index contributed by atoms with van der Waals surface area (Å²) in [5, 5.41) is 9.41. The van der Waals surface area contributed by atoms with Gasteiger partial charge in [-0.25, -0.2) is 0 Å². The fourth-order valence-corrected chi connectivity index (χ4v) is 2.12. The molecule has 0 bridgehead atoms. The van der Waals surface area contributed by atoms with Gasteiger partial charge in [-0.15, -0.1) is 0 Å². The predicted molar refractivity (Wildman–Crippen MR) is 70.4 cm³/mol. The maximum atomic E-state index is 12.3. The summed E-state index contributed by atoms with van der Waals surface area (Å²) in [4.78, 5) is 25.1. The van der Waals surface area contributed by atoms with Gasteiger partial charge in [0.2, 0.25) is 0 Å². The molecule has 1 atom stereocenters. The Bertz CT molecular complexity index is 502. The van der Waals surface area contributed by atoms with Crippen molar-refractivity contribution in [3.63, 3.8) is 0 Å². The summed E-state index contributed by atoms with van der Waals surface area (Å²) in [6, 6.07) is 6.20. The van der Waals surface area contributed by atoms with Gasteiger partial charge in [-0.05, 0) is 18.2 Å². The highest BCUT2D eigenvalue weighted by Crippen LogP contribution is 2.16. The third-order valence-corrected chi connectivity index (χ3v) is 3.14. The number of amides is 1. The van der Waals surface area contributed by atoms with E-state index in [-0.39, 0.29) is 30.2 Å². The van der Waals surface area contributed by atoms with Crippen LogP contribution in [0.1, 0.15) is 16.8 Å². The lowest BCUT2D eigenvalue weighted by Gasteiger charge is -2.32. The summed E-state index contributed by atoms with van der Waals surface area (Å²) >= 11 is 0. The summed E-state index contributed by atoms with van der Waals surface area (Å²) in [6.07, 6.45) is -0.224. The molecular formula is C14H17NO5. The van der Waals surface area contributed by atoms with E-state index >= 15 is 0 Å². The quantitative estimate of drug-likeness (QED) is 0.828. The summed E-state index contributed by atoms with van der Waals surface area (Å²) in [5.74, 6) is -0.490. The first-order valence-corrected chi connectivity index (χ1v) is 6.37. The van der Waals surface area contributed by atoms with Gasteiger partial charge in [-0.3, -0.25) is 9.59 Å². The molecule has 1 N–H and O–H groups in total. The van der Waals surface area contributed by atoms with Crippen molar-refractivity contribution in [1.29, 1.82) is 0 Å². The normalized spacial score (nSPS) is 18.6. The minimum Gasteiger partial charge on any atom is -0.508 e. The molecule has 1 aromatic rings. The molecule has 0 radical (unpaired) electrons. The lowest BCUT2D eigenvalue weighted by Crippen LogP contribution is -2.46. The minimum absolute atomic E-state index is 0.0511. The molecule has 20 heavy (non-hydrogen) atoms. The molecule has 1 aliphatic rings. The second-order valence-corrected chi connectivity index (χ2v) is 4.57. The third kappa shape index (κ3) is 3.48. The number of hydrogen-bond donors (Lipinski definition) is 1. The molecule has 6 heteroatoms. The second-order valence-electron chi connectivity index (χ2n) is 4.57. The van der Waals surface area contributed by atoms with Crippen molar-refractivity contribution in [3.05, 3.63) is 29.8 Å². The van der Waals surface area contributed by atoms with E-state index in [2.05, 4.69) is 4.74 Å². The van der Waals surface area contributed by atoms with Gasteiger partial charge in [0.15, 0.2) is 0 Å². The molecule has 0 aromatic heterocycles. The van der Waals surface area contributed by atoms with E-state index in [1.807, 2.05) is 0 Å². The Morgan fingerprint density at radius 3 is 3.00 bits per heavy atom. The molecule has 1 saturated heterocycles. The molecule has 1 aliphatic heterocycles. The monoisotopic (exact) mass is 279 g/mol. The maximum absolute atomic E-state index is 12.3. The van der Waals surface area contributed by atoms with E-state index < -0.39 is 0 Å². The van der Waals surface area contributed by atoms with Gasteiger partial charge in [0.25, 0.3) is 5.91 Å². The number of phenols is 1. The first-order chi connectivity index (χ1) is 9.60. The average molecular weight is 279 g/mol. The van der Waals surface area contributed by atoms with E-state index in [4.69, 9.17) is 4.74 Å². The molecule has 2 rings (SSSR count). The van der Waals surface area contributed by atoms with Gasteiger partial charge in [0.05, 0.1) is 26.2 Å². The van der Waals surface area contributed by atoms with Gasteiger partial charge in [-0.2, -0.15) is 0 Å². The van der Waals surface area contributed by atoms with Crippen molar-refractivity contribution in [2.75, 3.05) is 26.8 Å². The Labute approximate surface area is 116 Å². The first-order valence-electron chi connectivity index (χ1n) is 6.37. The number of morpholine rings is 1. The number of rotatable bonds is 3. The summed E-state index contributed by atoms with van der Waals surface area (Å²) in [7, 11) is 1.32. The van der Waals surface area contributed by atoms with Crippen molar-refractivity contribution in [1.82, 2.24) is 4.90 Å². The third-order valence-electron chi connectivity index (χ3n) is 3.14. The number of nitrogens with zero attached hydrogens (tertiary/aromatic N) is 1. The molecule has 0 spiro atoms. The summed E-state index contributed by atoms with van der Waals surface area (Å²) < 4.78 is 10.0. The molecule has 1 aromatic carbocycles. The molecule has 108 valence electrons. The zero-order chi connectivity index (χ0) is 14.5. The van der Waals surface area contributed by atoms with Crippen molar-refractivity contribution in [2.45, 2.75) is 12.5 Å².